The number of halogens is 1. The third kappa shape index (κ3) is 5.25. The summed E-state index contributed by atoms with van der Waals surface area (Å²) in [5.74, 6) is 0.689. The standard InChI is InChI=1S/C25H34FN3S/c1-24(2,3)18-12-10-17(11-13-18)23-25(4,5)16-22(29-30-23)28-21(14-15-27)19-8-6-7-9-20(19)26/h6-13,21,23H,14-16,27H2,1-5H3,(H,28,29)/t21-,23?/m0/s1. The molecule has 3 nitrogen and oxygen atoms in total. The maximum Gasteiger partial charge on any atom is 0.128 e. The molecule has 2 aromatic carbocycles. The molecule has 0 bridgehead atoms. The van der Waals surface area contributed by atoms with Gasteiger partial charge < -0.3 is 10.5 Å². The number of aliphatic imine (C=N–C) groups is 1. The van der Waals surface area contributed by atoms with Gasteiger partial charge in [0.2, 0.25) is 0 Å². The predicted molar refractivity (Wildman–Crippen MR) is 127 cm³/mol. The summed E-state index contributed by atoms with van der Waals surface area (Å²) in [6, 6.07) is 15.6. The highest BCUT2D eigenvalue weighted by atomic mass is 32.2. The molecule has 1 heterocycles. The highest BCUT2D eigenvalue weighted by Crippen LogP contribution is 2.48. The summed E-state index contributed by atoms with van der Waals surface area (Å²) in [7, 11) is 0. The number of nitrogens with zero attached hydrogens (tertiary/aromatic N) is 1. The van der Waals surface area contributed by atoms with Gasteiger partial charge in [0.15, 0.2) is 0 Å². The van der Waals surface area contributed by atoms with Gasteiger partial charge in [-0.1, -0.05) is 77.1 Å². The van der Waals surface area contributed by atoms with Crippen molar-refractivity contribution in [2.75, 3.05) is 6.54 Å². The third-order valence-electron chi connectivity index (χ3n) is 5.72. The molecule has 1 unspecified atom stereocenters. The highest BCUT2D eigenvalue weighted by Gasteiger charge is 2.37. The second kappa shape index (κ2) is 9.11. The van der Waals surface area contributed by atoms with Gasteiger partial charge in [-0.2, -0.15) is 0 Å². The van der Waals surface area contributed by atoms with Crippen molar-refractivity contribution in [2.45, 2.75) is 64.2 Å². The number of amidine groups is 1. The molecular formula is C25H34FN3S. The lowest BCUT2D eigenvalue weighted by Crippen LogP contribution is -2.36. The Morgan fingerprint density at radius 2 is 1.83 bits per heavy atom. The van der Waals surface area contributed by atoms with Crippen molar-refractivity contribution in [1.29, 1.82) is 0 Å². The van der Waals surface area contributed by atoms with E-state index in [0.717, 1.165) is 12.3 Å². The van der Waals surface area contributed by atoms with Crippen LogP contribution in [0.25, 0.3) is 0 Å². The van der Waals surface area contributed by atoms with Crippen molar-refractivity contribution in [2.24, 2.45) is 16.1 Å². The Labute approximate surface area is 184 Å². The molecule has 3 N–H and O–H groups in total. The second-order valence-corrected chi connectivity index (χ2v) is 10.7. The third-order valence-corrected chi connectivity index (χ3v) is 7.22. The lowest BCUT2D eigenvalue weighted by molar-refractivity contribution is 0.361. The summed E-state index contributed by atoms with van der Waals surface area (Å²) in [4.78, 5) is 4.89. The zero-order valence-corrected chi connectivity index (χ0v) is 19.5. The van der Waals surface area contributed by atoms with Gasteiger partial charge >= 0.3 is 0 Å². The van der Waals surface area contributed by atoms with Crippen molar-refractivity contribution in [1.82, 2.24) is 4.72 Å². The Morgan fingerprint density at radius 1 is 1.17 bits per heavy atom. The van der Waals surface area contributed by atoms with E-state index >= 15 is 0 Å². The number of hydrogen-bond acceptors (Lipinski definition) is 3. The largest absolute Gasteiger partial charge is 0.330 e. The van der Waals surface area contributed by atoms with Crippen LogP contribution in [-0.4, -0.2) is 12.4 Å². The molecule has 0 saturated carbocycles. The van der Waals surface area contributed by atoms with Gasteiger partial charge in [0, 0.05) is 12.0 Å². The van der Waals surface area contributed by atoms with E-state index in [2.05, 4.69) is 63.6 Å². The van der Waals surface area contributed by atoms with E-state index in [9.17, 15) is 4.39 Å². The maximum atomic E-state index is 14.3. The van der Waals surface area contributed by atoms with E-state index in [-0.39, 0.29) is 22.7 Å². The fourth-order valence-corrected chi connectivity index (χ4v) is 5.05. The molecule has 2 aromatic rings. The molecule has 3 rings (SSSR count). The van der Waals surface area contributed by atoms with Gasteiger partial charge in [0.05, 0.1) is 11.3 Å². The topological polar surface area (TPSA) is 50.4 Å². The van der Waals surface area contributed by atoms with Gasteiger partial charge in [-0.05, 0) is 52.9 Å². The predicted octanol–water partition coefficient (Wildman–Crippen LogP) is 6.32. The van der Waals surface area contributed by atoms with Crippen LogP contribution in [0.3, 0.4) is 0 Å². The Kier molecular flexibility index (Phi) is 6.93. The molecule has 1 saturated heterocycles. The summed E-state index contributed by atoms with van der Waals surface area (Å²) in [6.45, 7) is 11.7. The fourth-order valence-electron chi connectivity index (χ4n) is 3.98. The Hall–Kier alpha value is -1.85. The summed E-state index contributed by atoms with van der Waals surface area (Å²) in [5.41, 5.74) is 9.23. The van der Waals surface area contributed by atoms with Gasteiger partial charge in [-0.3, -0.25) is 4.99 Å². The molecule has 1 fully saturated rings. The summed E-state index contributed by atoms with van der Waals surface area (Å²) in [5, 5.41) is 0.312. The lowest BCUT2D eigenvalue weighted by Gasteiger charge is -2.39. The van der Waals surface area contributed by atoms with E-state index < -0.39 is 0 Å². The molecule has 0 aliphatic carbocycles. The zero-order chi connectivity index (χ0) is 21.9. The molecular weight excluding hydrogens is 393 g/mol. The van der Waals surface area contributed by atoms with E-state index in [4.69, 9.17) is 10.7 Å². The summed E-state index contributed by atoms with van der Waals surface area (Å²) < 4.78 is 17.8. The van der Waals surface area contributed by atoms with Crippen LogP contribution < -0.4 is 10.5 Å². The molecule has 0 aromatic heterocycles. The zero-order valence-electron chi connectivity index (χ0n) is 18.7. The first-order valence-corrected chi connectivity index (χ1v) is 11.5. The van der Waals surface area contributed by atoms with Gasteiger partial charge in [0.25, 0.3) is 0 Å². The molecule has 30 heavy (non-hydrogen) atoms. The quantitative estimate of drug-likeness (QED) is 0.549. The van der Waals surface area contributed by atoms with Crippen molar-refractivity contribution in [3.8, 4) is 0 Å². The first-order valence-electron chi connectivity index (χ1n) is 10.6. The van der Waals surface area contributed by atoms with E-state index in [0.29, 0.717) is 23.8 Å². The molecule has 0 radical (unpaired) electrons. The maximum absolute atomic E-state index is 14.3. The smallest absolute Gasteiger partial charge is 0.128 e. The molecule has 0 amide bonds. The molecule has 162 valence electrons. The Bertz CT molecular complexity index is 884. The van der Waals surface area contributed by atoms with E-state index in [1.54, 1.807) is 24.1 Å². The molecule has 1 aliphatic heterocycles. The highest BCUT2D eigenvalue weighted by molar-refractivity contribution is 7.98. The average molecular weight is 428 g/mol. The van der Waals surface area contributed by atoms with Crippen LogP contribution in [0.5, 0.6) is 0 Å². The van der Waals surface area contributed by atoms with E-state index in [1.807, 2.05) is 6.07 Å². The van der Waals surface area contributed by atoms with Crippen LogP contribution in [0, 0.1) is 11.2 Å². The number of nitrogens with one attached hydrogen (secondary N) is 1. The van der Waals surface area contributed by atoms with Crippen molar-refractivity contribution in [3.63, 3.8) is 0 Å². The lowest BCUT2D eigenvalue weighted by atomic mass is 9.80. The first kappa shape index (κ1) is 22.8. The van der Waals surface area contributed by atoms with Crippen LogP contribution >= 0.6 is 11.9 Å². The van der Waals surface area contributed by atoms with Crippen LogP contribution in [0.1, 0.15) is 75.4 Å². The van der Waals surface area contributed by atoms with Crippen molar-refractivity contribution >= 4 is 17.8 Å². The normalized spacial score (nSPS) is 21.3. The molecule has 0 spiro atoms. The number of nitrogens with two attached hydrogens (primary N) is 1. The average Bonchev–Trinajstić information content (AvgIpc) is 2.67. The summed E-state index contributed by atoms with van der Waals surface area (Å²) in [6.07, 6.45) is 1.43. The van der Waals surface area contributed by atoms with Gasteiger partial charge in [0.1, 0.15) is 11.7 Å². The van der Waals surface area contributed by atoms with Crippen LogP contribution in [-0.2, 0) is 5.41 Å². The monoisotopic (exact) mass is 427 g/mol. The Balaban J connectivity index is 1.80. The Morgan fingerprint density at radius 3 is 2.40 bits per heavy atom. The van der Waals surface area contributed by atoms with Crippen molar-refractivity contribution in [3.05, 3.63) is 71.0 Å². The SMILES string of the molecule is CC(C)(C)c1ccc(C2SNC(=N[C@@H](CCN)c3ccccc3F)CC2(C)C)cc1. The molecule has 1 aliphatic rings. The molecule has 5 heteroatoms. The van der Waals surface area contributed by atoms with Gasteiger partial charge in [-0.25, -0.2) is 4.39 Å². The second-order valence-electron chi connectivity index (χ2n) is 9.83. The van der Waals surface area contributed by atoms with Crippen molar-refractivity contribution < 1.29 is 4.39 Å². The number of hydrogen-bond donors (Lipinski definition) is 2. The minimum atomic E-state index is -0.266. The fraction of sp³-hybridized carbons (Fsp3) is 0.480. The minimum absolute atomic E-state index is 0.0144. The van der Waals surface area contributed by atoms with Crippen LogP contribution in [0.4, 0.5) is 4.39 Å². The molecule has 2 atom stereocenters. The number of benzene rings is 2. The van der Waals surface area contributed by atoms with E-state index in [1.165, 1.54) is 17.2 Å². The van der Waals surface area contributed by atoms with Crippen LogP contribution in [0.15, 0.2) is 53.5 Å². The first-order chi connectivity index (χ1) is 14.1. The summed E-state index contributed by atoms with van der Waals surface area (Å²) >= 11 is 1.70. The van der Waals surface area contributed by atoms with Gasteiger partial charge in [-0.15, -0.1) is 0 Å². The minimum Gasteiger partial charge on any atom is -0.330 e. The number of rotatable bonds is 5. The van der Waals surface area contributed by atoms with Crippen LogP contribution in [0.2, 0.25) is 0 Å².